The average molecular weight is 418 g/mol. The molecule has 2 saturated heterocycles. The van der Waals surface area contributed by atoms with Crippen molar-refractivity contribution in [3.8, 4) is 0 Å². The molecule has 3 unspecified atom stereocenters. The van der Waals surface area contributed by atoms with E-state index >= 15 is 0 Å². The number of carbonyl (C=O) groups excluding carboxylic acids is 1. The fraction of sp³-hybridized carbons (Fsp3) is 0.739. The van der Waals surface area contributed by atoms with Gasteiger partial charge in [-0.1, -0.05) is 0 Å². The number of halogens is 2. The number of pyridine rings is 1. The van der Waals surface area contributed by atoms with Crippen LogP contribution in [0.5, 0.6) is 0 Å². The van der Waals surface area contributed by atoms with Gasteiger partial charge in [0.05, 0.1) is 17.7 Å². The third-order valence-corrected chi connectivity index (χ3v) is 8.94. The molecule has 162 valence electrons. The predicted molar refractivity (Wildman–Crippen MR) is 107 cm³/mol. The SMILES string of the molecule is O=C1N(C23CC4CC(C2)C(O)C(C4)C3)CCC12CCCN(c1ncc(F)cc1F)C2. The normalized spacial score (nSPS) is 42.6. The van der Waals surface area contributed by atoms with Crippen LogP contribution in [0, 0.1) is 34.8 Å². The third kappa shape index (κ3) is 2.60. The van der Waals surface area contributed by atoms with Crippen molar-refractivity contribution >= 4 is 11.7 Å². The fourth-order valence-corrected chi connectivity index (χ4v) is 7.89. The number of amides is 1. The second-order valence-electron chi connectivity index (χ2n) is 10.7. The number of hydrogen-bond donors (Lipinski definition) is 1. The van der Waals surface area contributed by atoms with Gasteiger partial charge >= 0.3 is 0 Å². The molecular formula is C23H29F2N3O2. The minimum absolute atomic E-state index is 0.0854. The summed E-state index contributed by atoms with van der Waals surface area (Å²) < 4.78 is 27.7. The molecule has 30 heavy (non-hydrogen) atoms. The summed E-state index contributed by atoms with van der Waals surface area (Å²) in [6, 6.07) is 0.868. The monoisotopic (exact) mass is 417 g/mol. The summed E-state index contributed by atoms with van der Waals surface area (Å²) >= 11 is 0. The quantitative estimate of drug-likeness (QED) is 0.803. The van der Waals surface area contributed by atoms with E-state index in [2.05, 4.69) is 9.88 Å². The zero-order valence-electron chi connectivity index (χ0n) is 17.2. The van der Waals surface area contributed by atoms with Gasteiger partial charge in [0, 0.05) is 31.2 Å². The first-order valence-electron chi connectivity index (χ1n) is 11.5. The number of aromatic nitrogens is 1. The molecule has 5 nitrogen and oxygen atoms in total. The summed E-state index contributed by atoms with van der Waals surface area (Å²) in [4.78, 5) is 21.8. The van der Waals surface area contributed by atoms with E-state index < -0.39 is 17.0 Å². The molecule has 1 aromatic heterocycles. The molecule has 4 bridgehead atoms. The average Bonchev–Trinajstić information content (AvgIpc) is 3.01. The first kappa shape index (κ1) is 19.0. The predicted octanol–water partition coefficient (Wildman–Crippen LogP) is 3.12. The maximum absolute atomic E-state index is 14.4. The van der Waals surface area contributed by atoms with E-state index in [4.69, 9.17) is 0 Å². The number of nitrogens with zero attached hydrogens (tertiary/aromatic N) is 3. The van der Waals surface area contributed by atoms with Crippen LogP contribution in [0.3, 0.4) is 0 Å². The number of aliphatic hydroxyl groups excluding tert-OH is 1. The number of rotatable bonds is 2. The first-order valence-corrected chi connectivity index (χ1v) is 11.5. The van der Waals surface area contributed by atoms with E-state index in [1.54, 1.807) is 0 Å². The van der Waals surface area contributed by atoms with Crippen LogP contribution in [0.15, 0.2) is 12.3 Å². The summed E-state index contributed by atoms with van der Waals surface area (Å²) in [5.41, 5.74) is -0.583. The number of carbonyl (C=O) groups is 1. The van der Waals surface area contributed by atoms with Crippen molar-refractivity contribution in [3.63, 3.8) is 0 Å². The van der Waals surface area contributed by atoms with Crippen molar-refractivity contribution in [2.75, 3.05) is 24.5 Å². The summed E-state index contributed by atoms with van der Waals surface area (Å²) in [6.45, 7) is 1.84. The zero-order chi connectivity index (χ0) is 20.7. The van der Waals surface area contributed by atoms with Crippen molar-refractivity contribution in [1.82, 2.24) is 9.88 Å². The van der Waals surface area contributed by atoms with Crippen LogP contribution in [-0.2, 0) is 4.79 Å². The van der Waals surface area contributed by atoms with E-state index in [0.717, 1.165) is 70.2 Å². The highest BCUT2D eigenvalue weighted by Crippen LogP contribution is 2.59. The van der Waals surface area contributed by atoms with Gasteiger partial charge in [0.25, 0.3) is 0 Å². The lowest BCUT2D eigenvalue weighted by atomic mass is 9.51. The number of anilines is 1. The molecule has 0 aromatic carbocycles. The van der Waals surface area contributed by atoms with Crippen LogP contribution in [0.4, 0.5) is 14.6 Å². The molecular weight excluding hydrogens is 388 g/mol. The van der Waals surface area contributed by atoms with E-state index in [-0.39, 0.29) is 23.4 Å². The van der Waals surface area contributed by atoms with Gasteiger partial charge in [0.1, 0.15) is 5.82 Å². The lowest BCUT2D eigenvalue weighted by molar-refractivity contribution is -0.167. The highest BCUT2D eigenvalue weighted by Gasteiger charge is 2.62. The van der Waals surface area contributed by atoms with Gasteiger partial charge in [-0.25, -0.2) is 13.8 Å². The molecule has 1 amide bonds. The van der Waals surface area contributed by atoms with Gasteiger partial charge in [-0.3, -0.25) is 4.79 Å². The molecule has 4 aliphatic carbocycles. The first-order chi connectivity index (χ1) is 14.4. The number of likely N-dealkylation sites (tertiary alicyclic amines) is 1. The Balaban J connectivity index is 1.26. The summed E-state index contributed by atoms with van der Waals surface area (Å²) in [6.07, 6.45) is 8.41. The molecule has 1 N–H and O–H groups in total. The second-order valence-corrected chi connectivity index (χ2v) is 10.7. The minimum atomic E-state index is -0.685. The Kier molecular flexibility index (Phi) is 4.03. The van der Waals surface area contributed by atoms with Gasteiger partial charge in [-0.2, -0.15) is 0 Å². The second kappa shape index (κ2) is 6.38. The molecule has 6 aliphatic rings. The number of aliphatic hydroxyl groups is 1. The Morgan fingerprint density at radius 3 is 2.60 bits per heavy atom. The summed E-state index contributed by atoms with van der Waals surface area (Å²) in [5, 5.41) is 10.6. The van der Waals surface area contributed by atoms with Crippen molar-refractivity contribution < 1.29 is 18.7 Å². The van der Waals surface area contributed by atoms with Crippen LogP contribution in [0.2, 0.25) is 0 Å². The van der Waals surface area contributed by atoms with E-state index in [1.807, 2.05) is 4.90 Å². The Hall–Kier alpha value is -1.76. The molecule has 1 aromatic rings. The third-order valence-electron chi connectivity index (χ3n) is 8.94. The van der Waals surface area contributed by atoms with Crippen LogP contribution < -0.4 is 4.90 Å². The largest absolute Gasteiger partial charge is 0.393 e. The topological polar surface area (TPSA) is 56.7 Å². The number of hydrogen-bond acceptors (Lipinski definition) is 4. The molecule has 3 heterocycles. The summed E-state index contributed by atoms with van der Waals surface area (Å²) in [5.74, 6) is 0.322. The van der Waals surface area contributed by atoms with Crippen molar-refractivity contribution in [3.05, 3.63) is 23.9 Å². The smallest absolute Gasteiger partial charge is 0.231 e. The molecule has 6 fully saturated rings. The highest BCUT2D eigenvalue weighted by molar-refractivity contribution is 5.86. The van der Waals surface area contributed by atoms with E-state index in [0.29, 0.717) is 30.8 Å². The highest BCUT2D eigenvalue weighted by atomic mass is 19.1. The van der Waals surface area contributed by atoms with Gasteiger partial charge < -0.3 is 14.9 Å². The molecule has 7 rings (SSSR count). The van der Waals surface area contributed by atoms with Crippen LogP contribution in [0.1, 0.15) is 51.4 Å². The number of piperidine rings is 1. The standard InChI is InChI=1S/C23H29F2N3O2/c24-17-8-18(25)20(26-12-17)27-4-1-2-22(13-27)3-5-28(21(22)30)23-9-14-6-15(10-23)19(29)16(7-14)11-23/h8,12,14-16,19,29H,1-7,9-11,13H2. The van der Waals surface area contributed by atoms with Crippen molar-refractivity contribution in [1.29, 1.82) is 0 Å². The zero-order valence-corrected chi connectivity index (χ0v) is 17.2. The molecule has 1 spiro atoms. The van der Waals surface area contributed by atoms with Gasteiger partial charge in [0.2, 0.25) is 5.91 Å². The maximum Gasteiger partial charge on any atom is 0.231 e. The van der Waals surface area contributed by atoms with Crippen LogP contribution in [-0.4, -0.2) is 52.2 Å². The lowest BCUT2D eigenvalue weighted by Gasteiger charge is -2.61. The van der Waals surface area contributed by atoms with Crippen molar-refractivity contribution in [2.24, 2.45) is 23.2 Å². The van der Waals surface area contributed by atoms with Gasteiger partial charge in [-0.05, 0) is 69.1 Å². The Bertz CT molecular complexity index is 879. The van der Waals surface area contributed by atoms with Crippen LogP contribution in [0.25, 0.3) is 0 Å². The molecule has 4 saturated carbocycles. The molecule has 0 radical (unpaired) electrons. The van der Waals surface area contributed by atoms with E-state index in [9.17, 15) is 18.7 Å². The molecule has 3 atom stereocenters. The fourth-order valence-electron chi connectivity index (χ4n) is 7.89. The Morgan fingerprint density at radius 2 is 1.87 bits per heavy atom. The van der Waals surface area contributed by atoms with Gasteiger partial charge in [0.15, 0.2) is 11.6 Å². The lowest BCUT2D eigenvalue weighted by Crippen LogP contribution is -2.65. The molecule has 2 aliphatic heterocycles. The Morgan fingerprint density at radius 1 is 1.10 bits per heavy atom. The minimum Gasteiger partial charge on any atom is -0.393 e. The van der Waals surface area contributed by atoms with E-state index in [1.165, 1.54) is 0 Å². The Labute approximate surface area is 175 Å². The van der Waals surface area contributed by atoms with Crippen molar-refractivity contribution in [2.45, 2.75) is 63.0 Å². The summed E-state index contributed by atoms with van der Waals surface area (Å²) in [7, 11) is 0. The maximum atomic E-state index is 14.4. The van der Waals surface area contributed by atoms with Crippen LogP contribution >= 0.6 is 0 Å². The van der Waals surface area contributed by atoms with Gasteiger partial charge in [-0.15, -0.1) is 0 Å². The molecule has 7 heteroatoms.